The average molecular weight is 744 g/mol. The van der Waals surface area contributed by atoms with E-state index >= 15 is 0 Å². The Kier molecular flexibility index (Phi) is 11.3. The molecule has 0 aromatic carbocycles. The molecule has 3 aromatic heterocycles. The van der Waals surface area contributed by atoms with E-state index in [1.807, 2.05) is 9.62 Å². The van der Waals surface area contributed by atoms with E-state index in [2.05, 4.69) is 68.8 Å². The summed E-state index contributed by atoms with van der Waals surface area (Å²) in [6, 6.07) is 9.14. The van der Waals surface area contributed by atoms with Crippen molar-refractivity contribution in [3.05, 3.63) is 53.3 Å². The fourth-order valence-corrected chi connectivity index (χ4v) is 8.10. The molecular formula is C36H50ClN7O6S. The minimum absolute atomic E-state index is 0.122. The second kappa shape index (κ2) is 15.0. The standard InChI is InChI=1S/C36H50ClN7O6S/c1-8-9-20-49-33(46)43-22-24(21-34(43,2)3)12-11-18-38-27-13-10-14-30(39-27)51(47,48)42-32(45)25-15-16-28(40-31(25)37)44-19-17-29(41-44)50-23-26-35(4,5)36(26,6)7/h10,13-17,19,24,26H,8-9,11-12,18,20-23H2,1-7H3,(H,38,39)(H,42,45)/t24-/m0/s1. The van der Waals surface area contributed by atoms with Crippen LogP contribution in [0.25, 0.3) is 5.82 Å². The quantitative estimate of drug-likeness (QED) is 0.126. The van der Waals surface area contributed by atoms with E-state index in [0.717, 1.165) is 32.1 Å². The first-order valence-corrected chi connectivity index (χ1v) is 19.4. The molecule has 5 rings (SSSR count). The Labute approximate surface area is 305 Å². The summed E-state index contributed by atoms with van der Waals surface area (Å²) in [6.45, 7) is 17.3. The first kappa shape index (κ1) is 38.3. The van der Waals surface area contributed by atoms with Crippen molar-refractivity contribution < 1.29 is 27.5 Å². The molecule has 0 radical (unpaired) electrons. The number of rotatable bonds is 15. The van der Waals surface area contributed by atoms with Crippen LogP contribution in [-0.4, -0.2) is 76.9 Å². The first-order chi connectivity index (χ1) is 24.0. The number of pyridine rings is 2. The summed E-state index contributed by atoms with van der Waals surface area (Å²) in [5.41, 5.74) is -0.0183. The zero-order valence-electron chi connectivity index (χ0n) is 30.5. The van der Waals surface area contributed by atoms with Crippen molar-refractivity contribution in [2.24, 2.45) is 22.7 Å². The van der Waals surface area contributed by atoms with E-state index in [0.29, 0.717) is 55.7 Å². The van der Waals surface area contributed by atoms with Crippen molar-refractivity contribution in [2.45, 2.75) is 91.1 Å². The van der Waals surface area contributed by atoms with E-state index in [1.54, 1.807) is 24.4 Å². The van der Waals surface area contributed by atoms with Crippen LogP contribution in [0.1, 0.15) is 90.9 Å². The number of halogens is 1. The van der Waals surface area contributed by atoms with Crippen molar-refractivity contribution >= 4 is 39.4 Å². The number of ether oxygens (including phenoxy) is 2. The van der Waals surface area contributed by atoms with Crippen LogP contribution in [0.5, 0.6) is 5.88 Å². The molecule has 2 aliphatic rings. The molecule has 1 atom stereocenters. The fourth-order valence-electron chi connectivity index (χ4n) is 6.93. The Morgan fingerprint density at radius 3 is 2.45 bits per heavy atom. The molecule has 1 aliphatic carbocycles. The second-order valence-electron chi connectivity index (χ2n) is 15.2. The molecule has 2 N–H and O–H groups in total. The maximum Gasteiger partial charge on any atom is 0.410 e. The van der Waals surface area contributed by atoms with Crippen molar-refractivity contribution in [2.75, 3.05) is 31.6 Å². The molecule has 0 bridgehead atoms. The third kappa shape index (κ3) is 8.60. The highest BCUT2D eigenvalue weighted by Gasteiger charge is 2.64. The van der Waals surface area contributed by atoms with Gasteiger partial charge < -0.3 is 19.7 Å². The molecule has 278 valence electrons. The van der Waals surface area contributed by atoms with Gasteiger partial charge in [-0.15, -0.1) is 5.10 Å². The molecule has 13 nitrogen and oxygen atoms in total. The number of unbranched alkanes of at least 4 members (excludes halogenated alkanes) is 1. The predicted octanol–water partition coefficient (Wildman–Crippen LogP) is 6.72. The van der Waals surface area contributed by atoms with Crippen LogP contribution >= 0.6 is 11.6 Å². The Bertz CT molecular complexity index is 1830. The number of aromatic nitrogens is 4. The number of likely N-dealkylation sites (tertiary alicyclic amines) is 1. The summed E-state index contributed by atoms with van der Waals surface area (Å²) in [6.07, 6.45) is 5.77. The van der Waals surface area contributed by atoms with Gasteiger partial charge in [0.1, 0.15) is 11.0 Å². The molecule has 1 saturated heterocycles. The summed E-state index contributed by atoms with van der Waals surface area (Å²) in [7, 11) is -4.33. The highest BCUT2D eigenvalue weighted by Crippen LogP contribution is 2.68. The molecule has 0 spiro atoms. The van der Waals surface area contributed by atoms with Crippen LogP contribution < -0.4 is 14.8 Å². The number of carbonyl (C=O) groups is 2. The summed E-state index contributed by atoms with van der Waals surface area (Å²) >= 11 is 6.35. The topological polar surface area (TPSA) is 158 Å². The van der Waals surface area contributed by atoms with Gasteiger partial charge in [0.05, 0.1) is 18.8 Å². The molecule has 1 aliphatic heterocycles. The van der Waals surface area contributed by atoms with Gasteiger partial charge >= 0.3 is 6.09 Å². The largest absolute Gasteiger partial charge is 0.476 e. The van der Waals surface area contributed by atoms with Crippen LogP contribution in [0, 0.1) is 22.7 Å². The minimum atomic E-state index is -4.33. The van der Waals surface area contributed by atoms with E-state index in [4.69, 9.17) is 21.1 Å². The van der Waals surface area contributed by atoms with E-state index in [-0.39, 0.29) is 38.2 Å². The van der Waals surface area contributed by atoms with Crippen LogP contribution in [-0.2, 0) is 14.8 Å². The number of sulfonamides is 1. The van der Waals surface area contributed by atoms with Gasteiger partial charge in [0, 0.05) is 36.8 Å². The number of hydrogen-bond acceptors (Lipinski definition) is 10. The van der Waals surface area contributed by atoms with Crippen molar-refractivity contribution in [1.29, 1.82) is 0 Å². The van der Waals surface area contributed by atoms with Gasteiger partial charge in [0.2, 0.25) is 5.88 Å². The number of anilines is 1. The van der Waals surface area contributed by atoms with Crippen LogP contribution in [0.2, 0.25) is 5.15 Å². The molecule has 51 heavy (non-hydrogen) atoms. The van der Waals surface area contributed by atoms with E-state index in [1.165, 1.54) is 22.9 Å². The van der Waals surface area contributed by atoms with Gasteiger partial charge in [0.15, 0.2) is 10.8 Å². The van der Waals surface area contributed by atoms with Crippen molar-refractivity contribution in [1.82, 2.24) is 29.4 Å². The number of hydrogen-bond donors (Lipinski definition) is 2. The lowest BCUT2D eigenvalue weighted by atomic mass is 9.93. The highest BCUT2D eigenvalue weighted by molar-refractivity contribution is 7.90. The molecule has 4 heterocycles. The van der Waals surface area contributed by atoms with E-state index in [9.17, 15) is 18.0 Å². The maximum atomic E-state index is 13.1. The molecule has 0 unspecified atom stereocenters. The van der Waals surface area contributed by atoms with Crippen LogP contribution in [0.4, 0.5) is 10.6 Å². The molecule has 2 amide bonds. The van der Waals surface area contributed by atoms with Gasteiger partial charge in [-0.1, -0.05) is 58.7 Å². The Morgan fingerprint density at radius 2 is 1.76 bits per heavy atom. The molecule has 1 saturated carbocycles. The number of nitrogens with one attached hydrogen (secondary N) is 2. The number of amides is 2. The first-order valence-electron chi connectivity index (χ1n) is 17.5. The molecule has 2 fully saturated rings. The lowest BCUT2D eigenvalue weighted by Crippen LogP contribution is -2.43. The Morgan fingerprint density at radius 1 is 1.02 bits per heavy atom. The predicted molar refractivity (Wildman–Crippen MR) is 195 cm³/mol. The molecule has 3 aromatic rings. The number of carbonyl (C=O) groups excluding carboxylic acids is 2. The zero-order chi connectivity index (χ0) is 37.2. The van der Waals surface area contributed by atoms with E-state index < -0.39 is 15.9 Å². The van der Waals surface area contributed by atoms with Crippen LogP contribution in [0.3, 0.4) is 0 Å². The summed E-state index contributed by atoms with van der Waals surface area (Å²) in [5, 5.41) is 7.07. The van der Waals surface area contributed by atoms with Gasteiger partial charge in [0.25, 0.3) is 15.9 Å². The summed E-state index contributed by atoms with van der Waals surface area (Å²) in [5.74, 6) is 0.924. The monoisotopic (exact) mass is 743 g/mol. The third-order valence-corrected chi connectivity index (χ3v) is 12.3. The van der Waals surface area contributed by atoms with Crippen molar-refractivity contribution in [3.63, 3.8) is 0 Å². The van der Waals surface area contributed by atoms with Gasteiger partial charge in [-0.2, -0.15) is 8.42 Å². The number of nitrogens with zero attached hydrogens (tertiary/aromatic N) is 5. The minimum Gasteiger partial charge on any atom is -0.476 e. The highest BCUT2D eigenvalue weighted by atomic mass is 35.5. The molecular weight excluding hydrogens is 694 g/mol. The Hall–Kier alpha value is -3.91. The average Bonchev–Trinajstić information content (AvgIpc) is 3.46. The van der Waals surface area contributed by atoms with Crippen LogP contribution in [0.15, 0.2) is 47.6 Å². The Balaban J connectivity index is 1.11. The summed E-state index contributed by atoms with van der Waals surface area (Å²) < 4.78 is 41.2. The molecule has 15 heteroatoms. The third-order valence-electron chi connectivity index (χ3n) is 10.8. The van der Waals surface area contributed by atoms with Crippen molar-refractivity contribution in [3.8, 4) is 11.7 Å². The summed E-state index contributed by atoms with van der Waals surface area (Å²) in [4.78, 5) is 35.9. The lowest BCUT2D eigenvalue weighted by molar-refractivity contribution is 0.0792. The van der Waals surface area contributed by atoms with Gasteiger partial charge in [-0.05, 0) is 80.5 Å². The smallest absolute Gasteiger partial charge is 0.410 e. The SMILES string of the molecule is CCCCOC(=O)N1C[C@@H](CCCNc2cccc(S(=O)(=O)NC(=O)c3ccc(-n4ccc(OCC5C(C)(C)C5(C)C)n4)nc3Cl)n2)CC1(C)C. The lowest BCUT2D eigenvalue weighted by Gasteiger charge is -2.30. The van der Waals surface area contributed by atoms with Gasteiger partial charge in [-0.25, -0.2) is 24.2 Å². The fraction of sp³-hybridized carbons (Fsp3) is 0.583. The maximum absolute atomic E-state index is 13.1. The second-order valence-corrected chi connectivity index (χ2v) is 17.2. The normalized spacial score (nSPS) is 19.1. The van der Waals surface area contributed by atoms with Gasteiger partial charge in [-0.3, -0.25) is 4.79 Å². The zero-order valence-corrected chi connectivity index (χ0v) is 32.1.